The first-order valence-corrected chi connectivity index (χ1v) is 15.7. The first-order chi connectivity index (χ1) is 20.9. The van der Waals surface area contributed by atoms with Gasteiger partial charge in [0.1, 0.15) is 6.17 Å². The highest BCUT2D eigenvalue weighted by Crippen LogP contribution is 2.29. The van der Waals surface area contributed by atoms with Crippen molar-refractivity contribution >= 4 is 17.8 Å². The van der Waals surface area contributed by atoms with Crippen LogP contribution in [0.4, 0.5) is 4.79 Å². The average molecular weight is 581 g/mol. The zero-order valence-corrected chi connectivity index (χ0v) is 25.4. The van der Waals surface area contributed by atoms with E-state index in [9.17, 15) is 14.4 Å². The summed E-state index contributed by atoms with van der Waals surface area (Å²) in [6.45, 7) is 6.31. The molecule has 0 bridgehead atoms. The fourth-order valence-electron chi connectivity index (χ4n) is 6.54. The lowest BCUT2D eigenvalue weighted by molar-refractivity contribution is -0.142. The molecule has 3 aromatic rings. The molecule has 2 unspecified atom stereocenters. The van der Waals surface area contributed by atoms with Crippen LogP contribution in [-0.2, 0) is 16.0 Å². The zero-order valence-electron chi connectivity index (χ0n) is 25.4. The van der Waals surface area contributed by atoms with Gasteiger partial charge in [-0.1, -0.05) is 105 Å². The predicted molar refractivity (Wildman–Crippen MR) is 169 cm³/mol. The minimum Gasteiger partial charge on any atom is -0.338 e. The molecule has 0 spiro atoms. The van der Waals surface area contributed by atoms with E-state index in [1.165, 1.54) is 11.1 Å². The third kappa shape index (κ3) is 7.64. The maximum absolute atomic E-state index is 13.8. The number of nitrogens with one attached hydrogen (secondary N) is 1. The van der Waals surface area contributed by atoms with Crippen LogP contribution in [0.2, 0.25) is 0 Å². The van der Waals surface area contributed by atoms with Gasteiger partial charge in [0.05, 0.1) is 12.5 Å². The topological polar surface area (TPSA) is 73.0 Å². The highest BCUT2D eigenvalue weighted by atomic mass is 16.2. The lowest BCUT2D eigenvalue weighted by atomic mass is 9.88. The predicted octanol–water partition coefficient (Wildman–Crippen LogP) is 5.53. The molecule has 2 atom stereocenters. The summed E-state index contributed by atoms with van der Waals surface area (Å²) in [6.07, 6.45) is 1.99. The maximum atomic E-state index is 13.8. The van der Waals surface area contributed by atoms with Crippen LogP contribution in [0.25, 0.3) is 0 Å². The van der Waals surface area contributed by atoms with Crippen LogP contribution in [-0.4, -0.2) is 71.4 Å². The standard InChI is InChI=1S/C36H44N4O3/c1-27(2)24-31-25-40-33(26-38(35(31)42)22-19-28-12-6-3-7-13-28)39(23-20-34(40)41)36(43)37-21-18-32(29-14-8-4-9-15-29)30-16-10-5-11-17-30/h3-17,27,31-33H,18-26H2,1-2H3,(H,37,43). The SMILES string of the molecule is CC(C)CC1CN2C(=O)CCN(C(=O)NCCC(c3ccccc3)c3ccccc3)C2CN(CCc2ccccc2)C1=O. The van der Waals surface area contributed by atoms with E-state index in [-0.39, 0.29) is 36.1 Å². The van der Waals surface area contributed by atoms with E-state index in [1.54, 1.807) is 9.80 Å². The molecule has 7 heteroatoms. The lowest BCUT2D eigenvalue weighted by Crippen LogP contribution is -2.62. The number of hydrogen-bond donors (Lipinski definition) is 1. The summed E-state index contributed by atoms with van der Waals surface area (Å²) in [4.78, 5) is 46.2. The van der Waals surface area contributed by atoms with Crippen LogP contribution in [0.3, 0.4) is 0 Å². The fraction of sp³-hybridized carbons (Fsp3) is 0.417. The molecule has 43 heavy (non-hydrogen) atoms. The molecule has 0 aromatic heterocycles. The number of benzene rings is 3. The number of carbonyl (C=O) groups is 3. The van der Waals surface area contributed by atoms with Crippen molar-refractivity contribution in [1.82, 2.24) is 20.0 Å². The summed E-state index contributed by atoms with van der Waals surface area (Å²) in [5.41, 5.74) is 3.59. The number of urea groups is 1. The number of rotatable bonds is 10. The Morgan fingerprint density at radius 3 is 2.07 bits per heavy atom. The van der Waals surface area contributed by atoms with Crippen LogP contribution >= 0.6 is 0 Å². The van der Waals surface area contributed by atoms with E-state index >= 15 is 0 Å². The summed E-state index contributed by atoms with van der Waals surface area (Å²) >= 11 is 0. The highest BCUT2D eigenvalue weighted by molar-refractivity contribution is 5.85. The molecule has 7 nitrogen and oxygen atoms in total. The monoisotopic (exact) mass is 580 g/mol. The summed E-state index contributed by atoms with van der Waals surface area (Å²) in [5, 5.41) is 3.16. The molecule has 2 saturated heterocycles. The molecule has 0 radical (unpaired) electrons. The molecule has 2 fully saturated rings. The van der Waals surface area contributed by atoms with Crippen molar-refractivity contribution in [3.05, 3.63) is 108 Å². The Balaban J connectivity index is 1.31. The van der Waals surface area contributed by atoms with Crippen LogP contribution in [0.5, 0.6) is 0 Å². The van der Waals surface area contributed by atoms with Crippen LogP contribution in [0.1, 0.15) is 55.7 Å². The summed E-state index contributed by atoms with van der Waals surface area (Å²) in [5.74, 6) is 0.311. The van der Waals surface area contributed by atoms with Crippen molar-refractivity contribution in [2.75, 3.05) is 32.7 Å². The van der Waals surface area contributed by atoms with Gasteiger partial charge >= 0.3 is 6.03 Å². The van der Waals surface area contributed by atoms with E-state index in [1.807, 2.05) is 59.5 Å². The van der Waals surface area contributed by atoms with E-state index < -0.39 is 6.17 Å². The third-order valence-electron chi connectivity index (χ3n) is 8.71. The summed E-state index contributed by atoms with van der Waals surface area (Å²) < 4.78 is 0. The second-order valence-electron chi connectivity index (χ2n) is 12.2. The summed E-state index contributed by atoms with van der Waals surface area (Å²) in [7, 11) is 0. The van der Waals surface area contributed by atoms with Crippen molar-refractivity contribution in [3.63, 3.8) is 0 Å². The normalized spacial score (nSPS) is 19.0. The Hall–Kier alpha value is -4.13. The van der Waals surface area contributed by atoms with Gasteiger partial charge in [0.15, 0.2) is 0 Å². The van der Waals surface area contributed by atoms with Gasteiger partial charge in [-0.05, 0) is 41.9 Å². The molecule has 2 aliphatic heterocycles. The maximum Gasteiger partial charge on any atom is 0.319 e. The summed E-state index contributed by atoms with van der Waals surface area (Å²) in [6, 6.07) is 30.7. The molecule has 0 saturated carbocycles. The molecule has 1 N–H and O–H groups in total. The highest BCUT2D eigenvalue weighted by Gasteiger charge is 2.43. The van der Waals surface area contributed by atoms with Gasteiger partial charge in [-0.15, -0.1) is 0 Å². The van der Waals surface area contributed by atoms with Crippen LogP contribution in [0, 0.1) is 11.8 Å². The van der Waals surface area contributed by atoms with Gasteiger partial charge in [-0.25, -0.2) is 4.79 Å². The van der Waals surface area contributed by atoms with Gasteiger partial charge in [0, 0.05) is 38.5 Å². The van der Waals surface area contributed by atoms with E-state index in [0.717, 1.165) is 18.4 Å². The Labute approximate surface area is 255 Å². The number of hydrogen-bond acceptors (Lipinski definition) is 3. The first-order valence-electron chi connectivity index (χ1n) is 15.7. The van der Waals surface area contributed by atoms with Crippen molar-refractivity contribution < 1.29 is 14.4 Å². The van der Waals surface area contributed by atoms with E-state index in [4.69, 9.17) is 0 Å². The average Bonchev–Trinajstić information content (AvgIpc) is 3.16. The molecule has 2 heterocycles. The van der Waals surface area contributed by atoms with Gasteiger partial charge in [-0.2, -0.15) is 0 Å². The van der Waals surface area contributed by atoms with Gasteiger partial charge in [0.25, 0.3) is 0 Å². The molecule has 4 amide bonds. The second-order valence-corrected chi connectivity index (χ2v) is 12.2. The number of amides is 4. The van der Waals surface area contributed by atoms with Crippen molar-refractivity contribution in [1.29, 1.82) is 0 Å². The quantitative estimate of drug-likeness (QED) is 0.343. The second kappa shape index (κ2) is 14.4. The fourth-order valence-corrected chi connectivity index (χ4v) is 6.54. The number of nitrogens with zero attached hydrogens (tertiary/aromatic N) is 3. The van der Waals surface area contributed by atoms with Crippen molar-refractivity contribution in [3.8, 4) is 0 Å². The molecule has 5 rings (SSSR count). The number of fused-ring (bicyclic) bond motifs is 1. The first kappa shape index (κ1) is 30.3. The van der Waals surface area contributed by atoms with Gasteiger partial charge in [-0.3, -0.25) is 9.59 Å². The smallest absolute Gasteiger partial charge is 0.319 e. The Morgan fingerprint density at radius 1 is 0.860 bits per heavy atom. The van der Waals surface area contributed by atoms with Gasteiger partial charge in [0.2, 0.25) is 11.8 Å². The number of carbonyl (C=O) groups excluding carboxylic acids is 3. The van der Waals surface area contributed by atoms with E-state index in [2.05, 4.69) is 55.6 Å². The lowest BCUT2D eigenvalue weighted by Gasteiger charge is -2.43. The Bertz CT molecular complexity index is 1310. The van der Waals surface area contributed by atoms with Crippen molar-refractivity contribution in [2.24, 2.45) is 11.8 Å². The van der Waals surface area contributed by atoms with Gasteiger partial charge < -0.3 is 20.0 Å². The molecule has 226 valence electrons. The molecule has 2 aliphatic rings. The Morgan fingerprint density at radius 2 is 1.47 bits per heavy atom. The largest absolute Gasteiger partial charge is 0.338 e. The minimum absolute atomic E-state index is 0.0220. The molecular formula is C36H44N4O3. The van der Waals surface area contributed by atoms with E-state index in [0.29, 0.717) is 45.1 Å². The molecule has 3 aromatic carbocycles. The van der Waals surface area contributed by atoms with Crippen molar-refractivity contribution in [2.45, 2.75) is 51.6 Å². The zero-order chi connectivity index (χ0) is 30.2. The van der Waals surface area contributed by atoms with Crippen LogP contribution in [0.15, 0.2) is 91.0 Å². The Kier molecular flexibility index (Phi) is 10.1. The third-order valence-corrected chi connectivity index (χ3v) is 8.71. The minimum atomic E-state index is -0.475. The molecule has 0 aliphatic carbocycles. The van der Waals surface area contributed by atoms with Crippen LogP contribution < -0.4 is 5.32 Å². The molecular weight excluding hydrogens is 536 g/mol.